The van der Waals surface area contributed by atoms with E-state index < -0.39 is 35.8 Å². The van der Waals surface area contributed by atoms with Crippen LogP contribution in [0.25, 0.3) is 43.1 Å². The van der Waals surface area contributed by atoms with E-state index in [0.717, 1.165) is 103 Å². The molecular formula is C66H92O12. The summed E-state index contributed by atoms with van der Waals surface area (Å²) in [6, 6.07) is 9.55. The molecule has 78 heavy (non-hydrogen) atoms. The topological polar surface area (TPSA) is 158 Å². The van der Waals surface area contributed by atoms with E-state index in [1.807, 2.05) is 27.7 Å². The van der Waals surface area contributed by atoms with Gasteiger partial charge in [-0.1, -0.05) is 172 Å². The molecule has 0 fully saturated rings. The van der Waals surface area contributed by atoms with Gasteiger partial charge in [-0.15, -0.1) is 0 Å². The van der Waals surface area contributed by atoms with Gasteiger partial charge in [0.2, 0.25) is 0 Å². The first-order chi connectivity index (χ1) is 37.5. The molecule has 0 aromatic heterocycles. The predicted molar refractivity (Wildman–Crippen MR) is 312 cm³/mol. The van der Waals surface area contributed by atoms with E-state index in [2.05, 4.69) is 55.4 Å². The first-order valence-corrected chi connectivity index (χ1v) is 29.8. The molecule has 12 nitrogen and oxygen atoms in total. The van der Waals surface area contributed by atoms with Gasteiger partial charge in [-0.3, -0.25) is 0 Å². The molecule has 0 heterocycles. The van der Waals surface area contributed by atoms with E-state index in [-0.39, 0.29) is 130 Å². The van der Waals surface area contributed by atoms with E-state index in [9.17, 15) is 9.59 Å². The minimum absolute atomic E-state index is 0.0195. The molecule has 0 aliphatic rings. The first kappa shape index (κ1) is 63.1. The second kappa shape index (κ2) is 31.1. The molecule has 0 bridgehead atoms. The quantitative estimate of drug-likeness (QED) is 0.0166. The van der Waals surface area contributed by atoms with Crippen molar-refractivity contribution in [2.45, 2.75) is 186 Å². The molecular weight excluding hydrogens is 985 g/mol. The van der Waals surface area contributed by atoms with Gasteiger partial charge in [0.15, 0.2) is 0 Å². The summed E-state index contributed by atoms with van der Waals surface area (Å²) in [6.45, 7) is 24.9. The van der Waals surface area contributed by atoms with Crippen LogP contribution in [-0.2, 0) is 28.4 Å². The average molecular weight is 1080 g/mol. The molecule has 4 unspecified atom stereocenters. The highest BCUT2D eigenvalue weighted by Gasteiger charge is 2.34. The molecule has 5 aromatic rings. The Hall–Kier alpha value is -5.78. The summed E-state index contributed by atoms with van der Waals surface area (Å²) < 4.78 is 36.8. The van der Waals surface area contributed by atoms with E-state index in [1.54, 1.807) is 24.3 Å². The molecule has 0 saturated carbocycles. The number of ether oxygens (including phenoxy) is 6. The molecule has 0 radical (unpaired) electrons. The maximum absolute atomic E-state index is 15.1. The zero-order valence-electron chi connectivity index (χ0n) is 49.4. The lowest BCUT2D eigenvalue weighted by atomic mass is 9.81. The van der Waals surface area contributed by atoms with Gasteiger partial charge >= 0.3 is 35.8 Å². The SMILES string of the molecule is CCCCC(CC)COC(=O)c1ccc2c3ccc(C(=O)OCC(CC)CCCC)c4c(C(=O)OCC(CC)CCCC)cc(C(=O)OCC(C)C)c(c5c(C(=O)OCC(C)C)cc(C(=O)OCC(CC)CCCC)c1c25)c43. The highest BCUT2D eigenvalue weighted by molar-refractivity contribution is 6.42. The minimum atomic E-state index is -0.794. The number of hydrogen-bond donors (Lipinski definition) is 0. The van der Waals surface area contributed by atoms with Crippen LogP contribution in [0.15, 0.2) is 36.4 Å². The highest BCUT2D eigenvalue weighted by atomic mass is 16.6. The Bertz CT molecular complexity index is 2620. The van der Waals surface area contributed by atoms with Crippen molar-refractivity contribution < 1.29 is 57.2 Å². The van der Waals surface area contributed by atoms with E-state index in [4.69, 9.17) is 28.4 Å². The van der Waals surface area contributed by atoms with Crippen LogP contribution < -0.4 is 0 Å². The Kier molecular flexibility index (Phi) is 25.2. The maximum Gasteiger partial charge on any atom is 0.338 e. The number of hydrogen-bond acceptors (Lipinski definition) is 12. The molecule has 0 N–H and O–H groups in total. The zero-order chi connectivity index (χ0) is 57.1. The van der Waals surface area contributed by atoms with Crippen LogP contribution in [0.4, 0.5) is 0 Å². The van der Waals surface area contributed by atoms with E-state index >= 15 is 19.2 Å². The second-order valence-corrected chi connectivity index (χ2v) is 22.6. The largest absolute Gasteiger partial charge is 0.462 e. The smallest absolute Gasteiger partial charge is 0.338 e. The standard InChI is InChI=1S/C66H92O12/c1-13-21-25-43(17-5)37-75-61(67)49-31-29-47-48-30-32-50(62(68)76-38-44(18-6)26-22-14-2)56-52(64(70)78-40-46(20-8)28-24-16-4)34-54(66(72)74-36-42(11)12)60(58(48)56)59-53(65(71)73-35-41(9)10)33-51(55(49)57(47)59)63(69)77-39-45(19-7)27-23-15-3/h29-34,41-46H,13-28,35-40H2,1-12H3. The van der Waals surface area contributed by atoms with Gasteiger partial charge < -0.3 is 28.4 Å². The summed E-state index contributed by atoms with van der Waals surface area (Å²) in [7, 11) is 0. The Morgan fingerprint density at radius 1 is 0.321 bits per heavy atom. The van der Waals surface area contributed by atoms with Crippen molar-refractivity contribution in [1.29, 1.82) is 0 Å². The second-order valence-electron chi connectivity index (χ2n) is 22.6. The summed E-state index contributed by atoms with van der Waals surface area (Å²) >= 11 is 0. The van der Waals surface area contributed by atoms with E-state index in [0.29, 0.717) is 21.5 Å². The fraction of sp³-hybridized carbons (Fsp3) is 0.606. The average Bonchev–Trinajstić information content (AvgIpc) is 3.60. The summed E-state index contributed by atoms with van der Waals surface area (Å²) in [6.07, 6.45) is 14.4. The zero-order valence-corrected chi connectivity index (χ0v) is 49.4. The lowest BCUT2D eigenvalue weighted by Crippen LogP contribution is -2.20. The Balaban J connectivity index is 2.03. The van der Waals surface area contributed by atoms with Crippen LogP contribution in [-0.4, -0.2) is 75.5 Å². The van der Waals surface area contributed by atoms with Gasteiger partial charge in [0, 0.05) is 32.3 Å². The molecule has 0 amide bonds. The lowest BCUT2D eigenvalue weighted by molar-refractivity contribution is 0.0412. The van der Waals surface area contributed by atoms with Crippen molar-refractivity contribution in [3.05, 3.63) is 69.8 Å². The van der Waals surface area contributed by atoms with E-state index in [1.165, 1.54) is 12.1 Å². The molecule has 0 aliphatic heterocycles. The van der Waals surface area contributed by atoms with Gasteiger partial charge in [0.25, 0.3) is 0 Å². The molecule has 5 aromatic carbocycles. The molecule has 0 aliphatic carbocycles. The Morgan fingerprint density at radius 3 is 0.808 bits per heavy atom. The molecule has 12 heteroatoms. The number of esters is 6. The van der Waals surface area contributed by atoms with Crippen LogP contribution in [0.5, 0.6) is 0 Å². The third-order valence-corrected chi connectivity index (χ3v) is 15.5. The Morgan fingerprint density at radius 2 is 0.564 bits per heavy atom. The van der Waals surface area contributed by atoms with Gasteiger partial charge in [-0.25, -0.2) is 28.8 Å². The summed E-state index contributed by atoms with van der Waals surface area (Å²) in [5.74, 6) is -4.22. The summed E-state index contributed by atoms with van der Waals surface area (Å²) in [5, 5.41) is 2.20. The molecule has 4 atom stereocenters. The van der Waals surface area contributed by atoms with Gasteiger partial charge in [-0.2, -0.15) is 0 Å². The Labute approximate surface area is 465 Å². The fourth-order valence-corrected chi connectivity index (χ4v) is 10.4. The molecule has 428 valence electrons. The number of carbonyl (C=O) groups is 6. The first-order valence-electron chi connectivity index (χ1n) is 29.8. The van der Waals surface area contributed by atoms with Crippen LogP contribution in [0, 0.1) is 35.5 Å². The number of benzene rings is 5. The van der Waals surface area contributed by atoms with Crippen molar-refractivity contribution in [1.82, 2.24) is 0 Å². The monoisotopic (exact) mass is 1080 g/mol. The molecule has 0 spiro atoms. The van der Waals surface area contributed by atoms with Gasteiger partial charge in [0.1, 0.15) is 0 Å². The van der Waals surface area contributed by atoms with Crippen molar-refractivity contribution in [2.24, 2.45) is 35.5 Å². The number of fused-ring (bicyclic) bond motifs is 2. The van der Waals surface area contributed by atoms with Crippen LogP contribution >= 0.6 is 0 Å². The summed E-state index contributed by atoms with van der Waals surface area (Å²) in [5.41, 5.74) is -0.122. The third kappa shape index (κ3) is 15.7. The predicted octanol–water partition coefficient (Wildman–Crippen LogP) is 16.9. The number of carbonyl (C=O) groups excluding carboxylic acids is 6. The third-order valence-electron chi connectivity index (χ3n) is 15.5. The fourth-order valence-electron chi connectivity index (χ4n) is 10.4. The van der Waals surface area contributed by atoms with Crippen molar-refractivity contribution in [2.75, 3.05) is 39.6 Å². The number of rotatable bonds is 34. The van der Waals surface area contributed by atoms with Gasteiger partial charge in [0.05, 0.1) is 73.0 Å². The lowest BCUT2D eigenvalue weighted by Gasteiger charge is -2.24. The minimum Gasteiger partial charge on any atom is -0.462 e. The van der Waals surface area contributed by atoms with Crippen LogP contribution in [0.2, 0.25) is 0 Å². The summed E-state index contributed by atoms with van der Waals surface area (Å²) in [4.78, 5) is 89.8. The van der Waals surface area contributed by atoms with Crippen LogP contribution in [0.1, 0.15) is 248 Å². The highest BCUT2D eigenvalue weighted by Crippen LogP contribution is 2.48. The molecule has 5 rings (SSSR count). The van der Waals surface area contributed by atoms with Crippen molar-refractivity contribution in [3.63, 3.8) is 0 Å². The number of unbranched alkanes of at least 4 members (excludes halogenated alkanes) is 4. The maximum atomic E-state index is 15.1. The molecule has 0 saturated heterocycles. The normalized spacial score (nSPS) is 13.3. The van der Waals surface area contributed by atoms with Gasteiger partial charge in [-0.05, 0) is 96.2 Å². The van der Waals surface area contributed by atoms with Crippen molar-refractivity contribution in [3.8, 4) is 0 Å². The van der Waals surface area contributed by atoms with Crippen molar-refractivity contribution >= 4 is 78.9 Å². The van der Waals surface area contributed by atoms with Crippen LogP contribution in [0.3, 0.4) is 0 Å².